The van der Waals surface area contributed by atoms with Gasteiger partial charge in [-0.15, -0.1) is 0 Å². The molecule has 0 aromatic carbocycles. The third kappa shape index (κ3) is 3.79. The first kappa shape index (κ1) is 7.61. The third-order valence-electron chi connectivity index (χ3n) is 0.390. The predicted molar refractivity (Wildman–Crippen MR) is 32.9 cm³/mol. The summed E-state index contributed by atoms with van der Waals surface area (Å²) < 4.78 is 0. The summed E-state index contributed by atoms with van der Waals surface area (Å²) in [5.74, 6) is 0. The van der Waals surface area contributed by atoms with Crippen molar-refractivity contribution < 1.29 is 9.68 Å². The van der Waals surface area contributed by atoms with Crippen LogP contribution in [0.3, 0.4) is 0 Å². The lowest BCUT2D eigenvalue weighted by Gasteiger charge is -2.03. The molecule has 0 amide bonds. The highest BCUT2D eigenvalue weighted by Gasteiger charge is 1.86. The molecule has 48 valence electrons. The van der Waals surface area contributed by atoms with E-state index >= 15 is 0 Å². The number of rotatable bonds is 2. The molecule has 0 spiro atoms. The minimum atomic E-state index is 0.301. The third-order valence-corrected chi connectivity index (χ3v) is 0.556. The molecule has 4 nitrogen and oxygen atoms in total. The average molecular weight is 136 g/mol. The monoisotopic (exact) mass is 136 g/mol. The van der Waals surface area contributed by atoms with Crippen LogP contribution < -0.4 is 11.0 Å². The average Bonchev–Trinajstić information content (AvgIpc) is 1.68. The number of hydrogen-bond acceptors (Lipinski definition) is 3. The van der Waals surface area contributed by atoms with Gasteiger partial charge in [-0.2, -0.15) is 0 Å². The molecule has 0 unspecified atom stereocenters. The van der Waals surface area contributed by atoms with Crippen molar-refractivity contribution in [3.63, 3.8) is 0 Å². The van der Waals surface area contributed by atoms with Crippen molar-refractivity contribution in [2.75, 3.05) is 14.2 Å². The molecule has 0 saturated carbocycles. The van der Waals surface area contributed by atoms with E-state index < -0.39 is 0 Å². The van der Waals surface area contributed by atoms with Crippen LogP contribution in [0.4, 0.5) is 0 Å². The van der Waals surface area contributed by atoms with Crippen molar-refractivity contribution in [3.05, 3.63) is 0 Å². The van der Waals surface area contributed by atoms with E-state index in [4.69, 9.17) is 0 Å². The van der Waals surface area contributed by atoms with Gasteiger partial charge in [0.1, 0.15) is 0 Å². The van der Waals surface area contributed by atoms with Gasteiger partial charge in [-0.25, -0.2) is 11.0 Å². The zero-order chi connectivity index (χ0) is 6.41. The van der Waals surface area contributed by atoms with E-state index in [-0.39, 0.29) is 0 Å². The van der Waals surface area contributed by atoms with E-state index in [1.54, 1.807) is 0 Å². The summed E-state index contributed by atoms with van der Waals surface area (Å²) >= 11 is 4.58. The van der Waals surface area contributed by atoms with E-state index in [1.165, 1.54) is 14.2 Å². The molecule has 0 bridgehead atoms. The zero-order valence-electron chi connectivity index (χ0n) is 4.72. The van der Waals surface area contributed by atoms with Crippen LogP contribution in [0, 0.1) is 0 Å². The van der Waals surface area contributed by atoms with Crippen molar-refractivity contribution in [1.29, 1.82) is 0 Å². The summed E-state index contributed by atoms with van der Waals surface area (Å²) in [7, 11) is 2.92. The van der Waals surface area contributed by atoms with Gasteiger partial charge in [0.2, 0.25) is 5.11 Å². The van der Waals surface area contributed by atoms with Crippen molar-refractivity contribution >= 4 is 17.3 Å². The molecular formula is C3H8N2O2S. The van der Waals surface area contributed by atoms with Crippen molar-refractivity contribution in [1.82, 2.24) is 11.0 Å². The number of hydrogen-bond donors (Lipinski definition) is 2. The van der Waals surface area contributed by atoms with Gasteiger partial charge in [-0.05, 0) is 12.2 Å². The number of nitrogens with one attached hydrogen (secondary N) is 2. The lowest BCUT2D eigenvalue weighted by atomic mass is 11.2. The van der Waals surface area contributed by atoms with Crippen LogP contribution in [0.1, 0.15) is 0 Å². The van der Waals surface area contributed by atoms with Gasteiger partial charge in [0.25, 0.3) is 0 Å². The molecule has 0 fully saturated rings. The quantitative estimate of drug-likeness (QED) is 0.398. The Bertz CT molecular complexity index is 69.7. The molecule has 0 aliphatic carbocycles. The van der Waals surface area contributed by atoms with Gasteiger partial charge >= 0.3 is 0 Å². The molecule has 0 aromatic rings. The maximum absolute atomic E-state index is 4.58. The van der Waals surface area contributed by atoms with E-state index in [2.05, 4.69) is 32.9 Å². The smallest absolute Gasteiger partial charge is 0.214 e. The Morgan fingerprint density at radius 2 is 1.62 bits per heavy atom. The molecule has 0 aliphatic rings. The van der Waals surface area contributed by atoms with E-state index in [0.717, 1.165) is 0 Å². The maximum Gasteiger partial charge on any atom is 0.214 e. The Labute approximate surface area is 53.1 Å². The molecule has 0 rings (SSSR count). The predicted octanol–water partition coefficient (Wildman–Crippen LogP) is -0.427. The Kier molecular flexibility index (Phi) is 4.53. The highest BCUT2D eigenvalue weighted by molar-refractivity contribution is 7.80. The molecule has 0 saturated heterocycles. The van der Waals surface area contributed by atoms with Crippen LogP contribution in [0.25, 0.3) is 0 Å². The molecular weight excluding hydrogens is 128 g/mol. The first-order valence-corrected chi connectivity index (χ1v) is 2.34. The lowest BCUT2D eigenvalue weighted by molar-refractivity contribution is 0.104. The molecule has 0 radical (unpaired) electrons. The van der Waals surface area contributed by atoms with Gasteiger partial charge in [-0.1, -0.05) is 0 Å². The summed E-state index contributed by atoms with van der Waals surface area (Å²) in [6, 6.07) is 0. The largest absolute Gasteiger partial charge is 0.277 e. The molecule has 0 aliphatic heterocycles. The SMILES string of the molecule is CONC(=S)NOC. The Morgan fingerprint density at radius 1 is 1.25 bits per heavy atom. The number of hydroxylamine groups is 2. The van der Waals surface area contributed by atoms with Gasteiger partial charge in [0.05, 0.1) is 14.2 Å². The van der Waals surface area contributed by atoms with E-state index in [0.29, 0.717) is 5.11 Å². The van der Waals surface area contributed by atoms with Crippen LogP contribution in [-0.4, -0.2) is 19.3 Å². The fourth-order valence-electron chi connectivity index (χ4n) is 0.206. The topological polar surface area (TPSA) is 42.5 Å². The summed E-state index contributed by atoms with van der Waals surface area (Å²) in [5, 5.41) is 0.301. The molecule has 0 aromatic heterocycles. The van der Waals surface area contributed by atoms with Crippen molar-refractivity contribution in [2.45, 2.75) is 0 Å². The van der Waals surface area contributed by atoms with Crippen LogP contribution in [0.5, 0.6) is 0 Å². The van der Waals surface area contributed by atoms with Crippen molar-refractivity contribution in [3.8, 4) is 0 Å². The van der Waals surface area contributed by atoms with Crippen LogP contribution in [0.2, 0.25) is 0 Å². The second kappa shape index (κ2) is 4.76. The van der Waals surface area contributed by atoms with Gasteiger partial charge in [0.15, 0.2) is 0 Å². The highest BCUT2D eigenvalue weighted by Crippen LogP contribution is 1.62. The standard InChI is InChI=1S/C3H8N2O2S/c1-6-4-3(8)5-7-2/h1-2H3,(H2,4,5,8). The lowest BCUT2D eigenvalue weighted by Crippen LogP contribution is -2.33. The van der Waals surface area contributed by atoms with Gasteiger partial charge < -0.3 is 0 Å². The summed E-state index contributed by atoms with van der Waals surface area (Å²) in [5.41, 5.74) is 4.68. The molecule has 0 heterocycles. The second-order valence-electron chi connectivity index (χ2n) is 0.941. The summed E-state index contributed by atoms with van der Waals surface area (Å²) in [6.45, 7) is 0. The second-order valence-corrected chi connectivity index (χ2v) is 1.35. The Balaban J connectivity index is 3.06. The normalized spacial score (nSPS) is 8.25. The van der Waals surface area contributed by atoms with Crippen LogP contribution >= 0.6 is 12.2 Å². The summed E-state index contributed by atoms with van der Waals surface area (Å²) in [4.78, 5) is 8.84. The maximum atomic E-state index is 4.58. The van der Waals surface area contributed by atoms with E-state index in [1.807, 2.05) is 0 Å². The molecule has 8 heavy (non-hydrogen) atoms. The molecule has 2 N–H and O–H groups in total. The Hall–Kier alpha value is -0.390. The first-order chi connectivity index (χ1) is 3.81. The molecule has 5 heteroatoms. The minimum Gasteiger partial charge on any atom is -0.277 e. The van der Waals surface area contributed by atoms with Crippen molar-refractivity contribution in [2.24, 2.45) is 0 Å². The Morgan fingerprint density at radius 3 is 1.88 bits per heavy atom. The summed E-state index contributed by atoms with van der Waals surface area (Å²) in [6.07, 6.45) is 0. The fraction of sp³-hybridized carbons (Fsp3) is 0.667. The number of thiocarbonyl (C=S) groups is 1. The van der Waals surface area contributed by atoms with E-state index in [9.17, 15) is 0 Å². The molecule has 0 atom stereocenters. The van der Waals surface area contributed by atoms with Gasteiger partial charge in [0, 0.05) is 0 Å². The highest BCUT2D eigenvalue weighted by atomic mass is 32.1. The van der Waals surface area contributed by atoms with Gasteiger partial charge in [-0.3, -0.25) is 9.68 Å². The minimum absolute atomic E-state index is 0.301. The van der Waals surface area contributed by atoms with Crippen LogP contribution in [0.15, 0.2) is 0 Å². The van der Waals surface area contributed by atoms with Crippen LogP contribution in [-0.2, 0) is 9.68 Å². The zero-order valence-corrected chi connectivity index (χ0v) is 5.54. The first-order valence-electron chi connectivity index (χ1n) is 1.93. The fourth-order valence-corrected chi connectivity index (χ4v) is 0.373.